The van der Waals surface area contributed by atoms with Crippen LogP contribution in [0.5, 0.6) is 0 Å². The molecule has 0 heterocycles. The SMILES string of the molecule is CN(C)CCC(NS(=O)(=O)c1ccccc1-c1ccc2ccccc2c1)c1ccc(Cl)cc1. The minimum Gasteiger partial charge on any atom is -0.309 e. The summed E-state index contributed by atoms with van der Waals surface area (Å²) in [6.07, 6.45) is 0.631. The number of benzene rings is 4. The molecule has 0 aliphatic heterocycles. The van der Waals surface area contributed by atoms with Crippen LogP contribution in [-0.2, 0) is 10.0 Å². The zero-order chi connectivity index (χ0) is 23.4. The van der Waals surface area contributed by atoms with Crippen LogP contribution in [0.2, 0.25) is 5.02 Å². The normalized spacial score (nSPS) is 12.8. The summed E-state index contributed by atoms with van der Waals surface area (Å²) in [5, 5.41) is 2.81. The number of fused-ring (bicyclic) bond motifs is 1. The first-order valence-corrected chi connectivity index (χ1v) is 12.7. The Hall–Kier alpha value is -2.70. The number of hydrogen-bond donors (Lipinski definition) is 1. The quantitative estimate of drug-likeness (QED) is 0.331. The average molecular weight is 479 g/mol. The second-order valence-corrected chi connectivity index (χ2v) is 10.5. The van der Waals surface area contributed by atoms with Crippen LogP contribution in [0.25, 0.3) is 21.9 Å². The molecular formula is C27H27ClN2O2S. The first kappa shape index (κ1) is 23.5. The number of halogens is 1. The molecule has 0 saturated heterocycles. The van der Waals surface area contributed by atoms with E-state index in [-0.39, 0.29) is 10.9 Å². The summed E-state index contributed by atoms with van der Waals surface area (Å²) in [5.41, 5.74) is 2.43. The molecule has 4 nitrogen and oxygen atoms in total. The van der Waals surface area contributed by atoms with Crippen molar-refractivity contribution in [2.75, 3.05) is 20.6 Å². The summed E-state index contributed by atoms with van der Waals surface area (Å²) in [6, 6.07) is 28.2. The van der Waals surface area contributed by atoms with E-state index in [1.807, 2.05) is 85.7 Å². The van der Waals surface area contributed by atoms with Crippen LogP contribution < -0.4 is 4.72 Å². The van der Waals surface area contributed by atoms with Gasteiger partial charge < -0.3 is 4.90 Å². The number of rotatable bonds is 8. The van der Waals surface area contributed by atoms with Crippen LogP contribution in [0.15, 0.2) is 95.9 Å². The highest BCUT2D eigenvalue weighted by atomic mass is 35.5. The van der Waals surface area contributed by atoms with Crippen molar-refractivity contribution < 1.29 is 8.42 Å². The van der Waals surface area contributed by atoms with E-state index in [0.717, 1.165) is 28.4 Å². The van der Waals surface area contributed by atoms with E-state index < -0.39 is 10.0 Å². The van der Waals surface area contributed by atoms with E-state index in [4.69, 9.17) is 11.6 Å². The van der Waals surface area contributed by atoms with E-state index in [1.165, 1.54) is 0 Å². The summed E-state index contributed by atoms with van der Waals surface area (Å²) in [5.74, 6) is 0. The third-order valence-electron chi connectivity index (χ3n) is 5.67. The van der Waals surface area contributed by atoms with Gasteiger partial charge in [0.1, 0.15) is 0 Å². The number of hydrogen-bond acceptors (Lipinski definition) is 3. The van der Waals surface area contributed by atoms with Crippen LogP contribution in [-0.4, -0.2) is 34.0 Å². The summed E-state index contributed by atoms with van der Waals surface area (Å²) in [7, 11) is 0.150. The van der Waals surface area contributed by atoms with Gasteiger partial charge in [0.15, 0.2) is 0 Å². The maximum absolute atomic E-state index is 13.6. The average Bonchev–Trinajstić information content (AvgIpc) is 2.82. The summed E-state index contributed by atoms with van der Waals surface area (Å²) in [4.78, 5) is 2.31. The highest BCUT2D eigenvalue weighted by Gasteiger charge is 2.24. The predicted octanol–water partition coefficient (Wildman–Crippen LogP) is 6.13. The van der Waals surface area contributed by atoms with Crippen molar-refractivity contribution in [3.63, 3.8) is 0 Å². The molecule has 4 aromatic rings. The van der Waals surface area contributed by atoms with Crippen molar-refractivity contribution in [2.45, 2.75) is 17.4 Å². The van der Waals surface area contributed by atoms with Crippen LogP contribution in [0.3, 0.4) is 0 Å². The van der Waals surface area contributed by atoms with Gasteiger partial charge in [-0.15, -0.1) is 0 Å². The summed E-state index contributed by atoms with van der Waals surface area (Å²) >= 11 is 6.06. The fourth-order valence-corrected chi connectivity index (χ4v) is 5.54. The third-order valence-corrected chi connectivity index (χ3v) is 7.45. The van der Waals surface area contributed by atoms with Gasteiger partial charge >= 0.3 is 0 Å². The van der Waals surface area contributed by atoms with Crippen LogP contribution in [0.4, 0.5) is 0 Å². The van der Waals surface area contributed by atoms with Crippen LogP contribution in [0, 0.1) is 0 Å². The molecule has 0 radical (unpaired) electrons. The van der Waals surface area contributed by atoms with E-state index in [2.05, 4.69) is 4.72 Å². The summed E-state index contributed by atoms with van der Waals surface area (Å²) in [6.45, 7) is 0.738. The largest absolute Gasteiger partial charge is 0.309 e. The van der Waals surface area contributed by atoms with Crippen molar-refractivity contribution in [1.82, 2.24) is 9.62 Å². The second kappa shape index (κ2) is 10.1. The number of nitrogens with one attached hydrogen (secondary N) is 1. The first-order chi connectivity index (χ1) is 15.8. The lowest BCUT2D eigenvalue weighted by atomic mass is 10.0. The Labute approximate surface area is 200 Å². The van der Waals surface area contributed by atoms with Crippen molar-refractivity contribution >= 4 is 32.4 Å². The van der Waals surface area contributed by atoms with Crippen LogP contribution >= 0.6 is 11.6 Å². The van der Waals surface area contributed by atoms with Crippen molar-refractivity contribution in [1.29, 1.82) is 0 Å². The highest BCUT2D eigenvalue weighted by molar-refractivity contribution is 7.89. The molecule has 0 spiro atoms. The minimum atomic E-state index is -3.80. The lowest BCUT2D eigenvalue weighted by Gasteiger charge is -2.22. The standard InChI is InChI=1S/C27H27ClN2O2S/c1-30(2)18-17-26(21-13-15-24(28)16-14-21)29-33(31,32)27-10-6-5-9-25(27)23-12-11-20-7-3-4-8-22(20)19-23/h3-16,19,26,29H,17-18H2,1-2H3. The number of nitrogens with zero attached hydrogens (tertiary/aromatic N) is 1. The van der Waals surface area contributed by atoms with Crippen molar-refractivity contribution in [2.24, 2.45) is 0 Å². The zero-order valence-corrected chi connectivity index (χ0v) is 20.3. The minimum absolute atomic E-state index is 0.268. The zero-order valence-electron chi connectivity index (χ0n) is 18.7. The summed E-state index contributed by atoms with van der Waals surface area (Å²) < 4.78 is 30.2. The Bertz CT molecular complexity index is 1350. The Balaban J connectivity index is 1.71. The molecule has 0 aromatic heterocycles. The Morgan fingerprint density at radius 2 is 1.52 bits per heavy atom. The molecule has 1 unspecified atom stereocenters. The first-order valence-electron chi connectivity index (χ1n) is 10.8. The maximum Gasteiger partial charge on any atom is 0.241 e. The third kappa shape index (κ3) is 5.63. The van der Waals surface area contributed by atoms with Gasteiger partial charge in [-0.3, -0.25) is 0 Å². The Kier molecular flexibility index (Phi) is 7.15. The Morgan fingerprint density at radius 1 is 0.848 bits per heavy atom. The molecule has 0 bridgehead atoms. The lowest BCUT2D eigenvalue weighted by Crippen LogP contribution is -2.31. The number of sulfonamides is 1. The topological polar surface area (TPSA) is 49.4 Å². The highest BCUT2D eigenvalue weighted by Crippen LogP contribution is 2.31. The van der Waals surface area contributed by atoms with E-state index in [9.17, 15) is 8.42 Å². The van der Waals surface area contributed by atoms with Gasteiger partial charge in [-0.1, -0.05) is 78.3 Å². The molecular weight excluding hydrogens is 452 g/mol. The van der Waals surface area contributed by atoms with Gasteiger partial charge in [0.25, 0.3) is 0 Å². The Morgan fingerprint density at radius 3 is 2.24 bits per heavy atom. The van der Waals surface area contributed by atoms with Gasteiger partial charge in [0.05, 0.1) is 4.90 Å². The maximum atomic E-state index is 13.6. The smallest absolute Gasteiger partial charge is 0.241 e. The fraction of sp³-hybridized carbons (Fsp3) is 0.185. The predicted molar refractivity (Wildman–Crippen MR) is 137 cm³/mol. The monoisotopic (exact) mass is 478 g/mol. The molecule has 4 aromatic carbocycles. The van der Waals surface area contributed by atoms with Gasteiger partial charge in [-0.2, -0.15) is 0 Å². The van der Waals surface area contributed by atoms with E-state index in [0.29, 0.717) is 17.0 Å². The van der Waals surface area contributed by atoms with Crippen molar-refractivity contribution in [3.8, 4) is 11.1 Å². The molecule has 1 N–H and O–H groups in total. The van der Waals surface area contributed by atoms with Crippen LogP contribution in [0.1, 0.15) is 18.0 Å². The van der Waals surface area contributed by atoms with Gasteiger partial charge in [-0.05, 0) is 73.2 Å². The molecule has 0 aliphatic carbocycles. The van der Waals surface area contributed by atoms with Gasteiger partial charge in [-0.25, -0.2) is 13.1 Å². The second-order valence-electron chi connectivity index (χ2n) is 8.38. The molecule has 0 amide bonds. The van der Waals surface area contributed by atoms with E-state index in [1.54, 1.807) is 24.3 Å². The molecule has 33 heavy (non-hydrogen) atoms. The molecule has 0 aliphatic rings. The fourth-order valence-electron chi connectivity index (χ4n) is 3.92. The van der Waals surface area contributed by atoms with Gasteiger partial charge in [0.2, 0.25) is 10.0 Å². The molecule has 170 valence electrons. The van der Waals surface area contributed by atoms with Crippen molar-refractivity contribution in [3.05, 3.63) is 102 Å². The lowest BCUT2D eigenvalue weighted by molar-refractivity contribution is 0.375. The molecule has 1 atom stereocenters. The molecule has 4 rings (SSSR count). The van der Waals surface area contributed by atoms with Gasteiger partial charge in [0, 0.05) is 16.6 Å². The molecule has 6 heteroatoms. The molecule has 0 saturated carbocycles. The molecule has 0 fully saturated rings. The van der Waals surface area contributed by atoms with E-state index >= 15 is 0 Å².